The number of benzene rings is 3. The van der Waals surface area contributed by atoms with Gasteiger partial charge in [0.05, 0.1) is 11.0 Å². The van der Waals surface area contributed by atoms with Crippen molar-refractivity contribution in [2.24, 2.45) is 0 Å². The third kappa shape index (κ3) is 2.17. The van der Waals surface area contributed by atoms with E-state index in [9.17, 15) is 0 Å². The summed E-state index contributed by atoms with van der Waals surface area (Å²) in [6, 6.07) is 25.8. The van der Waals surface area contributed by atoms with Crippen LogP contribution in [0.3, 0.4) is 0 Å². The molecule has 0 N–H and O–H groups in total. The Kier molecular flexibility index (Phi) is 3.55. The third-order valence-electron chi connectivity index (χ3n) is 4.55. The van der Waals surface area contributed by atoms with Gasteiger partial charge in [-0.25, -0.2) is 0 Å². The fraction of sp³-hybridized carbons (Fsp3) is 0.0435. The van der Waals surface area contributed by atoms with Gasteiger partial charge in [0.25, 0.3) is 0 Å². The van der Waals surface area contributed by atoms with Crippen LogP contribution in [0.25, 0.3) is 33.1 Å². The first-order valence-electron chi connectivity index (χ1n) is 8.21. The van der Waals surface area contributed by atoms with E-state index in [0.29, 0.717) is 0 Å². The lowest BCUT2D eigenvalue weighted by atomic mass is 10.1. The molecule has 4 rings (SSSR count). The summed E-state index contributed by atoms with van der Waals surface area (Å²) < 4.78 is 2.34. The lowest BCUT2D eigenvalue weighted by molar-refractivity contribution is 1.18. The Balaban J connectivity index is 2.06. The second-order valence-corrected chi connectivity index (χ2v) is 5.87. The van der Waals surface area contributed by atoms with Gasteiger partial charge >= 0.3 is 0 Å². The van der Waals surface area contributed by atoms with E-state index in [2.05, 4.69) is 90.0 Å². The molecule has 116 valence electrons. The van der Waals surface area contributed by atoms with Gasteiger partial charge in [0.1, 0.15) is 0 Å². The van der Waals surface area contributed by atoms with Crippen LogP contribution in [0, 0.1) is 0 Å². The monoisotopic (exact) mass is 309 g/mol. The van der Waals surface area contributed by atoms with E-state index in [1.807, 2.05) is 13.0 Å². The summed E-state index contributed by atoms with van der Waals surface area (Å²) in [5.41, 5.74) is 5.98. The number of fused-ring (bicyclic) bond motifs is 3. The van der Waals surface area contributed by atoms with Crippen molar-refractivity contribution in [3.8, 4) is 5.69 Å². The lowest BCUT2D eigenvalue weighted by Crippen LogP contribution is -1.94. The van der Waals surface area contributed by atoms with Crippen molar-refractivity contribution in [1.82, 2.24) is 4.57 Å². The van der Waals surface area contributed by atoms with Crippen molar-refractivity contribution in [1.29, 1.82) is 0 Å². The number of hydrogen-bond acceptors (Lipinski definition) is 0. The fourth-order valence-corrected chi connectivity index (χ4v) is 3.43. The zero-order valence-electron chi connectivity index (χ0n) is 13.7. The topological polar surface area (TPSA) is 4.93 Å². The molecule has 1 nitrogen and oxygen atoms in total. The minimum Gasteiger partial charge on any atom is -0.309 e. The maximum Gasteiger partial charge on any atom is 0.0541 e. The normalized spacial score (nSPS) is 12.0. The van der Waals surface area contributed by atoms with E-state index in [4.69, 9.17) is 0 Å². The minimum atomic E-state index is 1.15. The van der Waals surface area contributed by atoms with Crippen molar-refractivity contribution < 1.29 is 0 Å². The summed E-state index contributed by atoms with van der Waals surface area (Å²) >= 11 is 0. The van der Waals surface area contributed by atoms with E-state index in [-0.39, 0.29) is 0 Å². The highest BCUT2D eigenvalue weighted by molar-refractivity contribution is 6.09. The quantitative estimate of drug-likeness (QED) is 0.387. The van der Waals surface area contributed by atoms with Crippen LogP contribution in [-0.4, -0.2) is 4.57 Å². The number of nitrogens with zero attached hydrogens (tertiary/aromatic N) is 1. The van der Waals surface area contributed by atoms with Crippen LogP contribution < -0.4 is 0 Å². The summed E-state index contributed by atoms with van der Waals surface area (Å²) in [4.78, 5) is 0. The van der Waals surface area contributed by atoms with Gasteiger partial charge in [-0.05, 0) is 42.3 Å². The molecular formula is C23H19N. The molecular weight excluding hydrogens is 290 g/mol. The second-order valence-electron chi connectivity index (χ2n) is 5.87. The molecule has 0 radical (unpaired) electrons. The molecule has 1 heterocycles. The Bertz CT molecular complexity index is 1030. The molecule has 0 atom stereocenters. The van der Waals surface area contributed by atoms with E-state index < -0.39 is 0 Å². The highest BCUT2D eigenvalue weighted by Crippen LogP contribution is 2.32. The Morgan fingerprint density at radius 2 is 1.46 bits per heavy atom. The van der Waals surface area contributed by atoms with Crippen LogP contribution >= 0.6 is 0 Å². The highest BCUT2D eigenvalue weighted by Gasteiger charge is 2.11. The van der Waals surface area contributed by atoms with Crippen LogP contribution in [0.15, 0.2) is 91.5 Å². The van der Waals surface area contributed by atoms with Crippen LogP contribution in [-0.2, 0) is 0 Å². The lowest BCUT2D eigenvalue weighted by Gasteiger charge is -2.10. The fourth-order valence-electron chi connectivity index (χ4n) is 3.43. The van der Waals surface area contributed by atoms with E-state index in [1.165, 1.54) is 33.1 Å². The number of allylic oxidation sites excluding steroid dienone is 3. The van der Waals surface area contributed by atoms with Crippen LogP contribution in [0.5, 0.6) is 0 Å². The number of para-hydroxylation sites is 2. The number of aromatic nitrogens is 1. The smallest absolute Gasteiger partial charge is 0.0541 e. The van der Waals surface area contributed by atoms with Gasteiger partial charge in [-0.3, -0.25) is 0 Å². The molecule has 0 amide bonds. The molecule has 24 heavy (non-hydrogen) atoms. The molecule has 4 aromatic rings. The number of hydrogen-bond donors (Lipinski definition) is 0. The Morgan fingerprint density at radius 1 is 0.833 bits per heavy atom. The predicted octanol–water partition coefficient (Wildman–Crippen LogP) is 6.37. The largest absolute Gasteiger partial charge is 0.309 e. The molecule has 1 aromatic heterocycles. The predicted molar refractivity (Wildman–Crippen MR) is 105 cm³/mol. The standard InChI is InChI=1S/C23H19N/c1-3-17(4-2)18-10-9-11-19(16-18)24-22-14-7-5-12-20(22)21-13-6-8-15-23(21)24/h3-16H,1H2,2H3/b17-4+. The van der Waals surface area contributed by atoms with E-state index in [1.54, 1.807) is 0 Å². The van der Waals surface area contributed by atoms with Gasteiger partial charge in [-0.15, -0.1) is 0 Å². The molecule has 0 bridgehead atoms. The summed E-state index contributed by atoms with van der Waals surface area (Å²) in [6.45, 7) is 5.97. The van der Waals surface area contributed by atoms with Gasteiger partial charge in [0, 0.05) is 16.5 Å². The molecule has 0 aliphatic heterocycles. The average Bonchev–Trinajstić information content (AvgIpc) is 2.98. The van der Waals surface area contributed by atoms with Crippen LogP contribution in [0.2, 0.25) is 0 Å². The van der Waals surface area contributed by atoms with Crippen molar-refractivity contribution in [2.75, 3.05) is 0 Å². The first-order valence-corrected chi connectivity index (χ1v) is 8.21. The SMILES string of the molecule is C=C/C(=C\C)c1cccc(-n2c3ccccc3c3ccccc32)c1. The third-order valence-corrected chi connectivity index (χ3v) is 4.55. The molecule has 0 unspecified atom stereocenters. The molecule has 3 aromatic carbocycles. The average molecular weight is 309 g/mol. The molecule has 0 spiro atoms. The van der Waals surface area contributed by atoms with Gasteiger partial charge in [0.2, 0.25) is 0 Å². The summed E-state index contributed by atoms with van der Waals surface area (Å²) in [7, 11) is 0. The molecule has 0 saturated heterocycles. The Morgan fingerprint density at radius 3 is 2.04 bits per heavy atom. The molecule has 0 aliphatic carbocycles. The Hall–Kier alpha value is -3.06. The van der Waals surface area contributed by atoms with Crippen molar-refractivity contribution in [2.45, 2.75) is 6.92 Å². The maximum atomic E-state index is 3.93. The molecule has 0 fully saturated rings. The van der Waals surface area contributed by atoms with Crippen LogP contribution in [0.1, 0.15) is 12.5 Å². The Labute approximate surface area is 142 Å². The second kappa shape index (κ2) is 5.86. The van der Waals surface area contributed by atoms with Gasteiger partial charge in [-0.2, -0.15) is 0 Å². The molecule has 0 saturated carbocycles. The van der Waals surface area contributed by atoms with Gasteiger partial charge in [-0.1, -0.05) is 67.3 Å². The zero-order valence-corrected chi connectivity index (χ0v) is 13.7. The first kappa shape index (κ1) is 14.5. The van der Waals surface area contributed by atoms with Gasteiger partial charge in [0.15, 0.2) is 0 Å². The van der Waals surface area contributed by atoms with Crippen LogP contribution in [0.4, 0.5) is 0 Å². The first-order chi connectivity index (χ1) is 11.8. The van der Waals surface area contributed by atoms with E-state index in [0.717, 1.165) is 5.57 Å². The maximum absolute atomic E-state index is 3.93. The van der Waals surface area contributed by atoms with Gasteiger partial charge < -0.3 is 4.57 Å². The molecule has 1 heteroatoms. The summed E-state index contributed by atoms with van der Waals surface area (Å²) in [5, 5.41) is 2.57. The summed E-state index contributed by atoms with van der Waals surface area (Å²) in [5.74, 6) is 0. The number of rotatable bonds is 3. The molecule has 0 aliphatic rings. The summed E-state index contributed by atoms with van der Waals surface area (Å²) in [6.07, 6.45) is 4.00. The van der Waals surface area contributed by atoms with Crippen molar-refractivity contribution >= 4 is 27.4 Å². The minimum absolute atomic E-state index is 1.15. The van der Waals surface area contributed by atoms with Crippen molar-refractivity contribution in [3.05, 3.63) is 97.1 Å². The zero-order chi connectivity index (χ0) is 16.5. The van der Waals surface area contributed by atoms with Crippen molar-refractivity contribution in [3.63, 3.8) is 0 Å². The van der Waals surface area contributed by atoms with E-state index >= 15 is 0 Å². The highest BCUT2D eigenvalue weighted by atomic mass is 15.0.